The second kappa shape index (κ2) is 7.52. The number of carbonyl (C=O) groups is 3. The summed E-state index contributed by atoms with van der Waals surface area (Å²) in [6, 6.07) is -1.59. The summed E-state index contributed by atoms with van der Waals surface area (Å²) < 4.78 is 4.42. The summed E-state index contributed by atoms with van der Waals surface area (Å²) in [6.45, 7) is 3.35. The lowest BCUT2D eigenvalue weighted by molar-refractivity contribution is -0.141. The van der Waals surface area contributed by atoms with E-state index in [4.69, 9.17) is 5.11 Å². The lowest BCUT2D eigenvalue weighted by atomic mass is 9.99. The zero-order chi connectivity index (χ0) is 14.3. The first kappa shape index (κ1) is 16.2. The van der Waals surface area contributed by atoms with E-state index in [1.54, 1.807) is 6.92 Å². The van der Waals surface area contributed by atoms with E-state index in [0.717, 1.165) is 4.90 Å². The van der Waals surface area contributed by atoms with Crippen LogP contribution in [0.1, 0.15) is 20.3 Å². The summed E-state index contributed by atoms with van der Waals surface area (Å²) >= 11 is 0. The Morgan fingerprint density at radius 3 is 2.33 bits per heavy atom. The van der Waals surface area contributed by atoms with Gasteiger partial charge in [0.1, 0.15) is 12.6 Å². The summed E-state index contributed by atoms with van der Waals surface area (Å²) in [7, 11) is 2.61. The van der Waals surface area contributed by atoms with Crippen LogP contribution < -0.4 is 5.32 Å². The van der Waals surface area contributed by atoms with Gasteiger partial charge in [0.15, 0.2) is 0 Å². The molecule has 0 aromatic rings. The Balaban J connectivity index is 4.50. The average molecular weight is 260 g/mol. The number of methoxy groups -OCH3 is 1. The molecule has 0 aromatic carbocycles. The molecule has 0 radical (unpaired) electrons. The molecule has 0 aliphatic carbocycles. The predicted octanol–water partition coefficient (Wildman–Crippen LogP) is 0.300. The molecule has 0 unspecified atom stereocenters. The molecule has 0 fully saturated rings. The van der Waals surface area contributed by atoms with E-state index in [0.29, 0.717) is 6.42 Å². The molecule has 0 saturated heterocycles. The largest absolute Gasteiger partial charge is 0.480 e. The molecule has 0 bridgehead atoms. The highest BCUT2D eigenvalue weighted by atomic mass is 16.5. The lowest BCUT2D eigenvalue weighted by Gasteiger charge is -2.23. The Bertz CT molecular complexity index is 319. The molecule has 0 heterocycles. The van der Waals surface area contributed by atoms with Gasteiger partial charge >= 0.3 is 18.0 Å². The van der Waals surface area contributed by atoms with E-state index < -0.39 is 24.0 Å². The van der Waals surface area contributed by atoms with Crippen LogP contribution in [0.2, 0.25) is 0 Å². The molecule has 2 atom stereocenters. The van der Waals surface area contributed by atoms with Gasteiger partial charge in [0.25, 0.3) is 0 Å². The second-order valence-electron chi connectivity index (χ2n) is 4.08. The van der Waals surface area contributed by atoms with Crippen LogP contribution in [0.3, 0.4) is 0 Å². The van der Waals surface area contributed by atoms with Crippen LogP contribution >= 0.6 is 0 Å². The van der Waals surface area contributed by atoms with Gasteiger partial charge in [-0.3, -0.25) is 4.79 Å². The molecule has 7 nitrogen and oxygen atoms in total. The van der Waals surface area contributed by atoms with Crippen molar-refractivity contribution in [2.24, 2.45) is 5.92 Å². The van der Waals surface area contributed by atoms with Crippen LogP contribution in [0, 0.1) is 5.92 Å². The van der Waals surface area contributed by atoms with Crippen LogP contribution in [0.15, 0.2) is 0 Å². The van der Waals surface area contributed by atoms with Gasteiger partial charge in [0.2, 0.25) is 0 Å². The molecule has 104 valence electrons. The summed E-state index contributed by atoms with van der Waals surface area (Å²) in [5, 5.41) is 11.4. The normalized spacial score (nSPS) is 13.3. The van der Waals surface area contributed by atoms with Crippen molar-refractivity contribution in [3.63, 3.8) is 0 Å². The number of nitrogens with zero attached hydrogens (tertiary/aromatic N) is 1. The molecule has 0 spiro atoms. The number of amides is 2. The minimum Gasteiger partial charge on any atom is -0.480 e. The van der Waals surface area contributed by atoms with E-state index in [1.165, 1.54) is 14.2 Å². The van der Waals surface area contributed by atoms with Crippen molar-refractivity contribution in [1.29, 1.82) is 0 Å². The third-order valence-electron chi connectivity index (χ3n) is 2.70. The summed E-state index contributed by atoms with van der Waals surface area (Å²) in [5.41, 5.74) is 0. The van der Waals surface area contributed by atoms with Crippen LogP contribution in [0.5, 0.6) is 0 Å². The number of urea groups is 1. The highest BCUT2D eigenvalue weighted by Gasteiger charge is 2.26. The monoisotopic (exact) mass is 260 g/mol. The maximum atomic E-state index is 11.7. The number of rotatable bonds is 6. The zero-order valence-corrected chi connectivity index (χ0v) is 11.1. The number of carboxylic acids is 1. The van der Waals surface area contributed by atoms with Crippen LogP contribution in [0.25, 0.3) is 0 Å². The minimum atomic E-state index is -1.09. The van der Waals surface area contributed by atoms with E-state index in [1.807, 2.05) is 6.92 Å². The zero-order valence-electron chi connectivity index (χ0n) is 11.1. The van der Waals surface area contributed by atoms with Crippen molar-refractivity contribution < 1.29 is 24.2 Å². The smallest absolute Gasteiger partial charge is 0.326 e. The van der Waals surface area contributed by atoms with Gasteiger partial charge in [0, 0.05) is 7.05 Å². The SMILES string of the molecule is CC[C@H](C)[C@H](NC(=O)N(C)CC(=O)OC)C(=O)O. The highest BCUT2D eigenvalue weighted by Crippen LogP contribution is 2.08. The molecule has 0 aliphatic rings. The van der Waals surface area contributed by atoms with Crippen molar-refractivity contribution in [3.8, 4) is 0 Å². The number of nitrogens with one attached hydrogen (secondary N) is 1. The Labute approximate surface area is 106 Å². The van der Waals surface area contributed by atoms with Crippen LogP contribution in [-0.4, -0.2) is 54.7 Å². The number of ether oxygens (including phenoxy) is 1. The topological polar surface area (TPSA) is 95.9 Å². The molecular weight excluding hydrogens is 240 g/mol. The molecule has 2 N–H and O–H groups in total. The van der Waals surface area contributed by atoms with Crippen molar-refractivity contribution >= 4 is 18.0 Å². The highest BCUT2D eigenvalue weighted by molar-refractivity contribution is 5.85. The Hall–Kier alpha value is -1.79. The van der Waals surface area contributed by atoms with E-state index in [2.05, 4.69) is 10.1 Å². The predicted molar refractivity (Wildman–Crippen MR) is 64.1 cm³/mol. The maximum Gasteiger partial charge on any atom is 0.326 e. The quantitative estimate of drug-likeness (QED) is 0.670. The number of aliphatic carboxylic acids is 1. The third-order valence-corrected chi connectivity index (χ3v) is 2.70. The van der Waals surface area contributed by atoms with E-state index >= 15 is 0 Å². The summed E-state index contributed by atoms with van der Waals surface area (Å²) in [5.74, 6) is -1.86. The van der Waals surface area contributed by atoms with Gasteiger partial charge in [0.05, 0.1) is 7.11 Å². The first-order chi connectivity index (χ1) is 8.33. The minimum absolute atomic E-state index is 0.196. The fourth-order valence-electron chi connectivity index (χ4n) is 1.26. The average Bonchev–Trinajstić information content (AvgIpc) is 2.33. The lowest BCUT2D eigenvalue weighted by Crippen LogP contribution is -2.50. The number of carboxylic acid groups (broad SMARTS) is 1. The fraction of sp³-hybridized carbons (Fsp3) is 0.727. The third kappa shape index (κ3) is 5.03. The van der Waals surface area contributed by atoms with Crippen molar-refractivity contribution in [2.75, 3.05) is 20.7 Å². The Morgan fingerprint density at radius 1 is 1.39 bits per heavy atom. The number of hydrogen-bond donors (Lipinski definition) is 2. The van der Waals surface area contributed by atoms with Gasteiger partial charge in [-0.15, -0.1) is 0 Å². The Morgan fingerprint density at radius 2 is 1.94 bits per heavy atom. The fourth-order valence-corrected chi connectivity index (χ4v) is 1.26. The Kier molecular flexibility index (Phi) is 6.77. The van der Waals surface area contributed by atoms with Crippen molar-refractivity contribution in [3.05, 3.63) is 0 Å². The molecular formula is C11H20N2O5. The number of hydrogen-bond acceptors (Lipinski definition) is 4. The van der Waals surface area contributed by atoms with E-state index in [9.17, 15) is 14.4 Å². The summed E-state index contributed by atoms with van der Waals surface area (Å²) in [6.07, 6.45) is 0.623. The summed E-state index contributed by atoms with van der Waals surface area (Å²) in [4.78, 5) is 34.7. The van der Waals surface area contributed by atoms with Crippen molar-refractivity contribution in [1.82, 2.24) is 10.2 Å². The standard InChI is InChI=1S/C11H20N2O5/c1-5-7(2)9(10(15)16)12-11(17)13(3)6-8(14)18-4/h7,9H,5-6H2,1-4H3,(H,12,17)(H,15,16)/t7-,9-/m0/s1. The maximum absolute atomic E-state index is 11.7. The molecule has 0 aliphatic heterocycles. The number of esters is 1. The van der Waals surface area contributed by atoms with Crippen LogP contribution in [-0.2, 0) is 14.3 Å². The van der Waals surface area contributed by atoms with Crippen LogP contribution in [0.4, 0.5) is 4.79 Å². The van der Waals surface area contributed by atoms with Gasteiger partial charge in [-0.1, -0.05) is 20.3 Å². The first-order valence-corrected chi connectivity index (χ1v) is 5.64. The van der Waals surface area contributed by atoms with Gasteiger partial charge < -0.3 is 20.1 Å². The molecule has 0 rings (SSSR count). The van der Waals surface area contributed by atoms with Crippen molar-refractivity contribution in [2.45, 2.75) is 26.3 Å². The van der Waals surface area contributed by atoms with Gasteiger partial charge in [-0.05, 0) is 5.92 Å². The van der Waals surface area contributed by atoms with Gasteiger partial charge in [-0.25, -0.2) is 9.59 Å². The first-order valence-electron chi connectivity index (χ1n) is 5.64. The molecule has 18 heavy (non-hydrogen) atoms. The molecule has 0 aromatic heterocycles. The molecule has 2 amide bonds. The van der Waals surface area contributed by atoms with E-state index in [-0.39, 0.29) is 12.5 Å². The molecule has 7 heteroatoms. The second-order valence-corrected chi connectivity index (χ2v) is 4.08. The van der Waals surface area contributed by atoms with Gasteiger partial charge in [-0.2, -0.15) is 0 Å². The number of likely N-dealkylation sites (N-methyl/N-ethyl adjacent to an activating group) is 1. The molecule has 0 saturated carbocycles. The number of carbonyl (C=O) groups excluding carboxylic acids is 2.